The molecule has 0 atom stereocenters. The van der Waals surface area contributed by atoms with Crippen LogP contribution in [-0.2, 0) is 18.4 Å². The lowest BCUT2D eigenvalue weighted by Gasteiger charge is -2.08. The van der Waals surface area contributed by atoms with Gasteiger partial charge in [0.15, 0.2) is 11.0 Å². The predicted molar refractivity (Wildman–Crippen MR) is 103 cm³/mol. The first-order chi connectivity index (χ1) is 12.0. The highest BCUT2D eigenvalue weighted by atomic mass is 35.5. The summed E-state index contributed by atoms with van der Waals surface area (Å²) >= 11 is 7.70. The number of amides is 1. The normalized spacial score (nSPS) is 11.4. The molecule has 0 fully saturated rings. The van der Waals surface area contributed by atoms with Gasteiger partial charge in [0.2, 0.25) is 5.91 Å². The number of hydrogen-bond donors (Lipinski definition) is 1. The fourth-order valence-electron chi connectivity index (χ4n) is 1.95. The van der Waals surface area contributed by atoms with Crippen molar-refractivity contribution in [2.75, 3.05) is 26.4 Å². The zero-order valence-electron chi connectivity index (χ0n) is 14.6. The first kappa shape index (κ1) is 19.5. The Hall–Kier alpha value is -1.83. The van der Waals surface area contributed by atoms with Crippen LogP contribution in [0.1, 0.15) is 11.4 Å². The van der Waals surface area contributed by atoms with E-state index in [0.717, 1.165) is 23.0 Å². The number of nitrogens with one attached hydrogen (secondary N) is 1. The Labute approximate surface area is 157 Å². The van der Waals surface area contributed by atoms with Crippen LogP contribution in [0.15, 0.2) is 35.5 Å². The summed E-state index contributed by atoms with van der Waals surface area (Å²) in [5.41, 5.74) is 0.803. The van der Waals surface area contributed by atoms with Gasteiger partial charge in [0.05, 0.1) is 6.54 Å². The van der Waals surface area contributed by atoms with E-state index in [-0.39, 0.29) is 5.91 Å². The molecule has 2 aromatic rings. The predicted octanol–water partition coefficient (Wildman–Crippen LogP) is 2.45. The van der Waals surface area contributed by atoms with E-state index in [1.54, 1.807) is 23.9 Å². The van der Waals surface area contributed by atoms with Gasteiger partial charge in [-0.15, -0.1) is 10.2 Å². The van der Waals surface area contributed by atoms with Gasteiger partial charge in [-0.3, -0.25) is 4.79 Å². The summed E-state index contributed by atoms with van der Waals surface area (Å²) in [5.74, 6) is 1.45. The average molecular weight is 380 g/mol. The zero-order chi connectivity index (χ0) is 18.2. The van der Waals surface area contributed by atoms with Gasteiger partial charge >= 0.3 is 0 Å². The number of aromatic nitrogens is 3. The van der Waals surface area contributed by atoms with E-state index in [1.165, 1.54) is 6.08 Å². The molecular weight excluding hydrogens is 358 g/mol. The minimum absolute atomic E-state index is 0.204. The highest BCUT2D eigenvalue weighted by Gasteiger charge is 2.09. The van der Waals surface area contributed by atoms with E-state index in [0.29, 0.717) is 17.4 Å². The lowest BCUT2D eigenvalue weighted by atomic mass is 10.2. The minimum Gasteiger partial charge on any atom is -0.345 e. The Kier molecular flexibility index (Phi) is 7.49. The molecule has 1 aromatic heterocycles. The molecule has 1 N–H and O–H groups in total. The Bertz CT molecular complexity index is 744. The zero-order valence-corrected chi connectivity index (χ0v) is 16.1. The average Bonchev–Trinajstić information content (AvgIpc) is 2.92. The summed E-state index contributed by atoms with van der Waals surface area (Å²) in [7, 11) is 5.97. The molecule has 2 rings (SSSR count). The fraction of sp³-hybridized carbons (Fsp3) is 0.353. The van der Waals surface area contributed by atoms with Crippen molar-refractivity contribution in [1.29, 1.82) is 0 Å². The maximum absolute atomic E-state index is 12.0. The van der Waals surface area contributed by atoms with Gasteiger partial charge in [-0.25, -0.2) is 0 Å². The molecule has 0 aliphatic heterocycles. The van der Waals surface area contributed by atoms with Gasteiger partial charge in [-0.05, 0) is 31.8 Å². The van der Waals surface area contributed by atoms with Gasteiger partial charge in [0, 0.05) is 30.4 Å². The van der Waals surface area contributed by atoms with Crippen LogP contribution in [0.2, 0.25) is 5.02 Å². The molecule has 0 radical (unpaired) electrons. The number of rotatable bonds is 8. The van der Waals surface area contributed by atoms with Crippen LogP contribution in [0.25, 0.3) is 6.08 Å². The van der Waals surface area contributed by atoms with Crippen molar-refractivity contribution < 1.29 is 4.79 Å². The first-order valence-corrected chi connectivity index (χ1v) is 9.20. The Balaban J connectivity index is 1.85. The van der Waals surface area contributed by atoms with Crippen molar-refractivity contribution in [1.82, 2.24) is 25.0 Å². The van der Waals surface area contributed by atoms with Gasteiger partial charge in [0.25, 0.3) is 0 Å². The second kappa shape index (κ2) is 9.60. The summed E-state index contributed by atoms with van der Waals surface area (Å²) in [6.07, 6.45) is 3.15. The molecule has 0 bridgehead atoms. The first-order valence-electron chi connectivity index (χ1n) is 7.83. The molecule has 1 heterocycles. The molecule has 1 amide bonds. The molecular formula is C17H22ClN5OS. The van der Waals surface area contributed by atoms with Crippen LogP contribution >= 0.6 is 23.4 Å². The summed E-state index contributed by atoms with van der Waals surface area (Å²) in [6.45, 7) is 1.29. The third-order valence-electron chi connectivity index (χ3n) is 3.43. The van der Waals surface area contributed by atoms with Crippen LogP contribution in [0.3, 0.4) is 0 Å². The molecule has 0 unspecified atom stereocenters. The van der Waals surface area contributed by atoms with Crippen LogP contribution in [0.5, 0.6) is 0 Å². The van der Waals surface area contributed by atoms with Gasteiger partial charge in [-0.1, -0.05) is 41.6 Å². The standard InChI is InChI=1S/C17H22ClN5OS/c1-22(2)10-11-25-17-21-20-15(23(17)3)12-19-16(24)9-8-13-6-4-5-7-14(13)18/h4-9H,10-12H2,1-3H3,(H,19,24). The summed E-state index contributed by atoms with van der Waals surface area (Å²) in [6, 6.07) is 7.36. The third kappa shape index (κ3) is 6.19. The lowest BCUT2D eigenvalue weighted by molar-refractivity contribution is -0.116. The minimum atomic E-state index is -0.204. The molecule has 25 heavy (non-hydrogen) atoms. The second-order valence-corrected chi connectivity index (χ2v) is 7.15. The van der Waals surface area contributed by atoms with Crippen LogP contribution in [0.4, 0.5) is 0 Å². The van der Waals surface area contributed by atoms with Gasteiger partial charge < -0.3 is 14.8 Å². The smallest absolute Gasteiger partial charge is 0.244 e. The molecule has 6 nitrogen and oxygen atoms in total. The molecule has 1 aromatic carbocycles. The molecule has 0 saturated carbocycles. The van der Waals surface area contributed by atoms with Crippen LogP contribution in [0, 0.1) is 0 Å². The fourth-order valence-corrected chi connectivity index (χ4v) is 3.18. The summed E-state index contributed by atoms with van der Waals surface area (Å²) < 4.78 is 1.90. The van der Waals surface area contributed by atoms with Gasteiger partial charge in [-0.2, -0.15) is 0 Å². The van der Waals surface area contributed by atoms with Crippen molar-refractivity contribution in [2.45, 2.75) is 11.7 Å². The number of hydrogen-bond acceptors (Lipinski definition) is 5. The van der Waals surface area contributed by atoms with E-state index in [9.17, 15) is 4.79 Å². The highest BCUT2D eigenvalue weighted by Crippen LogP contribution is 2.16. The quantitative estimate of drug-likeness (QED) is 0.563. The van der Waals surface area contributed by atoms with Crippen molar-refractivity contribution in [2.24, 2.45) is 7.05 Å². The Morgan fingerprint density at radius 3 is 2.84 bits per heavy atom. The number of benzene rings is 1. The van der Waals surface area contributed by atoms with E-state index >= 15 is 0 Å². The summed E-state index contributed by atoms with van der Waals surface area (Å²) in [4.78, 5) is 14.1. The van der Waals surface area contributed by atoms with E-state index in [2.05, 4.69) is 20.4 Å². The van der Waals surface area contributed by atoms with Crippen molar-refractivity contribution in [3.05, 3.63) is 46.8 Å². The monoisotopic (exact) mass is 379 g/mol. The SMILES string of the molecule is CN(C)CCSc1nnc(CNC(=O)C=Cc2ccccc2Cl)n1C. The van der Waals surface area contributed by atoms with Crippen LogP contribution in [-0.4, -0.2) is 52.0 Å². The van der Waals surface area contributed by atoms with E-state index in [1.807, 2.05) is 43.9 Å². The number of carbonyl (C=O) groups is 1. The van der Waals surface area contributed by atoms with Crippen molar-refractivity contribution >= 4 is 35.3 Å². The van der Waals surface area contributed by atoms with Gasteiger partial charge in [0.1, 0.15) is 0 Å². The van der Waals surface area contributed by atoms with Crippen molar-refractivity contribution in [3.63, 3.8) is 0 Å². The largest absolute Gasteiger partial charge is 0.345 e. The topological polar surface area (TPSA) is 63.1 Å². The van der Waals surface area contributed by atoms with Crippen LogP contribution < -0.4 is 5.32 Å². The molecule has 8 heteroatoms. The second-order valence-electron chi connectivity index (χ2n) is 5.68. The molecule has 134 valence electrons. The van der Waals surface area contributed by atoms with E-state index < -0.39 is 0 Å². The number of nitrogens with zero attached hydrogens (tertiary/aromatic N) is 4. The lowest BCUT2D eigenvalue weighted by Crippen LogP contribution is -2.22. The molecule has 0 aliphatic carbocycles. The molecule has 0 spiro atoms. The molecule has 0 aliphatic rings. The third-order valence-corrected chi connectivity index (χ3v) is 4.78. The number of thioether (sulfide) groups is 1. The van der Waals surface area contributed by atoms with E-state index in [4.69, 9.17) is 11.6 Å². The highest BCUT2D eigenvalue weighted by molar-refractivity contribution is 7.99. The Morgan fingerprint density at radius 1 is 1.36 bits per heavy atom. The number of halogens is 1. The van der Waals surface area contributed by atoms with Crippen molar-refractivity contribution in [3.8, 4) is 0 Å². The number of carbonyl (C=O) groups excluding carboxylic acids is 1. The summed E-state index contributed by atoms with van der Waals surface area (Å²) in [5, 5.41) is 12.6. The Morgan fingerprint density at radius 2 is 2.12 bits per heavy atom. The molecule has 0 saturated heterocycles. The maximum atomic E-state index is 12.0. The maximum Gasteiger partial charge on any atom is 0.244 e.